The molecular formula is C16H15BrClN3O2S. The molecule has 0 fully saturated rings. The van der Waals surface area contributed by atoms with Crippen LogP contribution in [0.4, 0.5) is 0 Å². The van der Waals surface area contributed by atoms with Crippen LogP contribution in [0.25, 0.3) is 0 Å². The minimum atomic E-state index is 0.0944. The highest BCUT2D eigenvalue weighted by Crippen LogP contribution is 2.37. The van der Waals surface area contributed by atoms with E-state index in [0.29, 0.717) is 23.1 Å². The van der Waals surface area contributed by atoms with Crippen LogP contribution in [-0.2, 0) is 6.61 Å². The third-order valence-corrected chi connectivity index (χ3v) is 4.02. The smallest absolute Gasteiger partial charge is 0.184 e. The first-order valence-corrected chi connectivity index (χ1v) is 8.41. The molecule has 0 bridgehead atoms. The number of ether oxygens (including phenoxy) is 2. The minimum Gasteiger partial charge on any atom is -0.493 e. The van der Waals surface area contributed by atoms with E-state index in [1.165, 1.54) is 0 Å². The quantitative estimate of drug-likeness (QED) is 0.415. The number of nitrogens with two attached hydrogens (primary N) is 1. The van der Waals surface area contributed by atoms with Crippen molar-refractivity contribution in [2.45, 2.75) is 6.61 Å². The number of methoxy groups -OCH3 is 1. The average molecular weight is 429 g/mol. The first kappa shape index (κ1) is 18.5. The van der Waals surface area contributed by atoms with Gasteiger partial charge in [-0.3, -0.25) is 5.43 Å². The first-order valence-electron chi connectivity index (χ1n) is 6.83. The number of nitrogens with one attached hydrogen (secondary N) is 1. The molecule has 0 aliphatic rings. The van der Waals surface area contributed by atoms with Crippen LogP contribution in [-0.4, -0.2) is 18.4 Å². The van der Waals surface area contributed by atoms with Crippen molar-refractivity contribution in [2.75, 3.05) is 7.11 Å². The molecule has 0 aromatic heterocycles. The van der Waals surface area contributed by atoms with E-state index in [1.807, 2.05) is 30.3 Å². The van der Waals surface area contributed by atoms with E-state index in [4.69, 9.17) is 26.8 Å². The van der Waals surface area contributed by atoms with Gasteiger partial charge >= 0.3 is 0 Å². The highest BCUT2D eigenvalue weighted by atomic mass is 79.9. The second-order valence-electron chi connectivity index (χ2n) is 4.65. The molecule has 0 amide bonds. The fraction of sp³-hybridized carbons (Fsp3) is 0.125. The molecule has 24 heavy (non-hydrogen) atoms. The summed E-state index contributed by atoms with van der Waals surface area (Å²) in [6.45, 7) is 0.324. The Balaban J connectivity index is 2.19. The van der Waals surface area contributed by atoms with E-state index in [0.717, 1.165) is 15.6 Å². The standard InChI is InChI=1S/C16H15BrClN3O2S/c1-22-14-7-10(8-20-21-16(19)24)6-12(17)15(14)23-9-11-4-2-3-5-13(11)18/h2-8H,9H2,1H3,(H3,19,21,24). The van der Waals surface area contributed by atoms with Crippen molar-refractivity contribution in [2.24, 2.45) is 10.8 Å². The van der Waals surface area contributed by atoms with Crippen molar-refractivity contribution < 1.29 is 9.47 Å². The molecular weight excluding hydrogens is 414 g/mol. The van der Waals surface area contributed by atoms with E-state index in [-0.39, 0.29) is 5.11 Å². The molecule has 0 radical (unpaired) electrons. The zero-order valence-corrected chi connectivity index (χ0v) is 15.9. The van der Waals surface area contributed by atoms with E-state index in [9.17, 15) is 0 Å². The van der Waals surface area contributed by atoms with Gasteiger partial charge in [-0.05, 0) is 51.9 Å². The van der Waals surface area contributed by atoms with Crippen molar-refractivity contribution in [3.05, 3.63) is 57.0 Å². The van der Waals surface area contributed by atoms with Crippen molar-refractivity contribution >= 4 is 51.1 Å². The summed E-state index contributed by atoms with van der Waals surface area (Å²) >= 11 is 14.3. The molecule has 3 N–H and O–H groups in total. The van der Waals surface area contributed by atoms with Gasteiger partial charge in [0.1, 0.15) is 6.61 Å². The van der Waals surface area contributed by atoms with Gasteiger partial charge in [0.2, 0.25) is 0 Å². The topological polar surface area (TPSA) is 68.9 Å². The number of hydrogen-bond donors (Lipinski definition) is 2. The van der Waals surface area contributed by atoms with Crippen molar-refractivity contribution in [3.63, 3.8) is 0 Å². The van der Waals surface area contributed by atoms with Gasteiger partial charge in [-0.1, -0.05) is 29.8 Å². The molecule has 2 aromatic rings. The van der Waals surface area contributed by atoms with Crippen molar-refractivity contribution in [1.29, 1.82) is 0 Å². The molecule has 0 unspecified atom stereocenters. The van der Waals surface area contributed by atoms with Gasteiger partial charge in [-0.25, -0.2) is 0 Å². The second-order valence-corrected chi connectivity index (χ2v) is 6.35. The van der Waals surface area contributed by atoms with Gasteiger partial charge in [-0.15, -0.1) is 0 Å². The van der Waals surface area contributed by atoms with Crippen LogP contribution in [0.5, 0.6) is 11.5 Å². The van der Waals surface area contributed by atoms with Gasteiger partial charge in [-0.2, -0.15) is 5.10 Å². The summed E-state index contributed by atoms with van der Waals surface area (Å²) in [5.74, 6) is 1.14. The molecule has 0 saturated carbocycles. The molecule has 126 valence electrons. The van der Waals surface area contributed by atoms with Crippen LogP contribution in [0.1, 0.15) is 11.1 Å². The minimum absolute atomic E-state index is 0.0944. The first-order chi connectivity index (χ1) is 11.5. The lowest BCUT2D eigenvalue weighted by molar-refractivity contribution is 0.282. The van der Waals surface area contributed by atoms with Crippen molar-refractivity contribution in [1.82, 2.24) is 5.43 Å². The monoisotopic (exact) mass is 427 g/mol. The summed E-state index contributed by atoms with van der Waals surface area (Å²) in [4.78, 5) is 0. The van der Waals surface area contributed by atoms with Gasteiger partial charge in [0.05, 0.1) is 17.8 Å². The molecule has 5 nitrogen and oxygen atoms in total. The molecule has 0 atom stereocenters. The largest absolute Gasteiger partial charge is 0.493 e. The normalized spacial score (nSPS) is 10.6. The van der Waals surface area contributed by atoms with Crippen LogP contribution in [0.15, 0.2) is 46.0 Å². The third-order valence-electron chi connectivity index (χ3n) is 2.97. The summed E-state index contributed by atoms with van der Waals surface area (Å²) in [5.41, 5.74) is 9.48. The van der Waals surface area contributed by atoms with E-state index in [2.05, 4.69) is 38.7 Å². The molecule has 0 saturated heterocycles. The van der Waals surface area contributed by atoms with E-state index in [1.54, 1.807) is 19.4 Å². The van der Waals surface area contributed by atoms with E-state index < -0.39 is 0 Å². The average Bonchev–Trinajstić information content (AvgIpc) is 2.54. The summed E-state index contributed by atoms with van der Waals surface area (Å²) < 4.78 is 12.0. The van der Waals surface area contributed by atoms with Crippen molar-refractivity contribution in [3.8, 4) is 11.5 Å². The van der Waals surface area contributed by atoms with E-state index >= 15 is 0 Å². The zero-order valence-electron chi connectivity index (χ0n) is 12.8. The Kier molecular flexibility index (Phi) is 6.84. The molecule has 0 spiro atoms. The molecule has 0 aliphatic carbocycles. The summed E-state index contributed by atoms with van der Waals surface area (Å²) in [5, 5.41) is 4.66. The number of hydrazone groups is 1. The van der Waals surface area contributed by atoms with Crippen LogP contribution < -0.4 is 20.6 Å². The molecule has 8 heteroatoms. The lowest BCUT2D eigenvalue weighted by atomic mass is 10.2. The van der Waals surface area contributed by atoms with Crippen LogP contribution >= 0.6 is 39.7 Å². The SMILES string of the molecule is COc1cc(C=NNC(N)=S)cc(Br)c1OCc1ccccc1Cl. The van der Waals surface area contributed by atoms with Crippen LogP contribution in [0.3, 0.4) is 0 Å². The number of rotatable bonds is 6. The summed E-state index contributed by atoms with van der Waals surface area (Å²) in [6, 6.07) is 11.1. The molecule has 0 aliphatic heterocycles. The predicted octanol–water partition coefficient (Wildman–Crippen LogP) is 3.86. The lowest BCUT2D eigenvalue weighted by Gasteiger charge is -2.14. The Morgan fingerprint density at radius 2 is 2.17 bits per heavy atom. The number of hydrogen-bond acceptors (Lipinski definition) is 4. The summed E-state index contributed by atoms with van der Waals surface area (Å²) in [7, 11) is 1.57. The van der Waals surface area contributed by atoms with Gasteiger partial charge in [0.15, 0.2) is 16.6 Å². The number of halogens is 2. The Labute approximate surface area is 158 Å². The Bertz CT molecular complexity index is 771. The number of benzene rings is 2. The Morgan fingerprint density at radius 3 is 2.83 bits per heavy atom. The second kappa shape index (κ2) is 8.86. The summed E-state index contributed by atoms with van der Waals surface area (Å²) in [6.07, 6.45) is 1.57. The Hall–Kier alpha value is -1.83. The fourth-order valence-corrected chi connectivity index (χ4v) is 2.71. The number of nitrogens with zero attached hydrogens (tertiary/aromatic N) is 1. The lowest BCUT2D eigenvalue weighted by Crippen LogP contribution is -2.23. The maximum absolute atomic E-state index is 6.14. The highest BCUT2D eigenvalue weighted by Gasteiger charge is 2.12. The maximum Gasteiger partial charge on any atom is 0.184 e. The molecule has 0 heterocycles. The predicted molar refractivity (Wildman–Crippen MR) is 104 cm³/mol. The number of thiocarbonyl (C=S) groups is 1. The molecule has 2 aromatic carbocycles. The highest BCUT2D eigenvalue weighted by molar-refractivity contribution is 9.10. The zero-order chi connectivity index (χ0) is 17.5. The van der Waals surface area contributed by atoms with Crippen LogP contribution in [0, 0.1) is 0 Å². The maximum atomic E-state index is 6.14. The third kappa shape index (κ3) is 5.09. The molecule has 2 rings (SSSR count). The van der Waals surface area contributed by atoms with Crippen LogP contribution in [0.2, 0.25) is 5.02 Å². The Morgan fingerprint density at radius 1 is 1.42 bits per heavy atom. The van der Waals surface area contributed by atoms with Gasteiger partial charge in [0.25, 0.3) is 0 Å². The van der Waals surface area contributed by atoms with Gasteiger partial charge < -0.3 is 15.2 Å². The fourth-order valence-electron chi connectivity index (χ4n) is 1.89. The van der Waals surface area contributed by atoms with Gasteiger partial charge in [0, 0.05) is 10.6 Å².